The summed E-state index contributed by atoms with van der Waals surface area (Å²) < 4.78 is 10.9. The zero-order valence-corrected chi connectivity index (χ0v) is 13.9. The Morgan fingerprint density at radius 2 is 1.83 bits per heavy atom. The van der Waals surface area contributed by atoms with E-state index in [4.69, 9.17) is 27.4 Å². The predicted molar refractivity (Wildman–Crippen MR) is 89.4 cm³/mol. The van der Waals surface area contributed by atoms with Crippen molar-refractivity contribution in [3.8, 4) is 0 Å². The molecule has 0 aromatic carbocycles. The third kappa shape index (κ3) is 7.13. The molecule has 2 rings (SSSR count). The van der Waals surface area contributed by atoms with E-state index < -0.39 is 6.29 Å². The fraction of sp³-hybridized carbons (Fsp3) is 0.429. The number of rotatable bonds is 6. The molecule has 2 aromatic rings. The fourth-order valence-corrected chi connectivity index (χ4v) is 1.89. The van der Waals surface area contributed by atoms with E-state index in [0.29, 0.717) is 18.8 Å². The summed E-state index contributed by atoms with van der Waals surface area (Å²) in [6.45, 7) is 4.73. The largest absolute Gasteiger partial charge is 0.385 e. The van der Waals surface area contributed by atoms with Crippen LogP contribution in [0.5, 0.6) is 0 Å². The standard InChI is InChI=1S/C10H17N3O3S.C4H4N2/c1-3-15-7(16-4-2)5-6-8(11)12-10(17)13-9(6)14;1-2-5-4-6-3-1/h7H,3-5H2,1-2H3,(H4,11,12,13,14,17);1-4H. The molecule has 2 heterocycles. The first-order valence-electron chi connectivity index (χ1n) is 7.12. The minimum atomic E-state index is -0.474. The second-order valence-corrected chi connectivity index (χ2v) is 4.66. The van der Waals surface area contributed by atoms with Gasteiger partial charge in [0.2, 0.25) is 0 Å². The smallest absolute Gasteiger partial charge is 0.257 e. The maximum absolute atomic E-state index is 11.7. The molecule has 23 heavy (non-hydrogen) atoms. The summed E-state index contributed by atoms with van der Waals surface area (Å²) >= 11 is 4.81. The minimum Gasteiger partial charge on any atom is -0.385 e. The molecule has 8 nitrogen and oxygen atoms in total. The van der Waals surface area contributed by atoms with Crippen molar-refractivity contribution >= 4 is 18.0 Å². The first-order chi connectivity index (χ1) is 11.1. The lowest BCUT2D eigenvalue weighted by Gasteiger charge is -2.17. The number of nitrogens with one attached hydrogen (secondary N) is 2. The third-order valence-corrected chi connectivity index (χ3v) is 2.83. The zero-order chi connectivity index (χ0) is 17.1. The highest BCUT2D eigenvalue weighted by Crippen LogP contribution is 2.08. The summed E-state index contributed by atoms with van der Waals surface area (Å²) in [6.07, 6.45) is 4.69. The first kappa shape index (κ1) is 18.9. The summed E-state index contributed by atoms with van der Waals surface area (Å²) in [7, 11) is 0. The van der Waals surface area contributed by atoms with Gasteiger partial charge in [0.25, 0.3) is 5.56 Å². The molecule has 0 unspecified atom stereocenters. The Bertz CT molecular complexity index is 641. The van der Waals surface area contributed by atoms with Gasteiger partial charge in [0.1, 0.15) is 12.1 Å². The van der Waals surface area contributed by atoms with Crippen molar-refractivity contribution < 1.29 is 9.47 Å². The minimum absolute atomic E-state index is 0.209. The van der Waals surface area contributed by atoms with Crippen LogP contribution < -0.4 is 11.3 Å². The van der Waals surface area contributed by atoms with Gasteiger partial charge in [0, 0.05) is 32.0 Å². The predicted octanol–water partition coefficient (Wildman–Crippen LogP) is 1.43. The molecular formula is C14H21N5O3S. The van der Waals surface area contributed by atoms with Crippen molar-refractivity contribution in [2.45, 2.75) is 26.6 Å². The van der Waals surface area contributed by atoms with E-state index in [1.165, 1.54) is 6.33 Å². The third-order valence-electron chi connectivity index (χ3n) is 2.63. The zero-order valence-electron chi connectivity index (χ0n) is 13.1. The van der Waals surface area contributed by atoms with E-state index in [9.17, 15) is 4.79 Å². The van der Waals surface area contributed by atoms with E-state index in [2.05, 4.69) is 19.9 Å². The number of nitrogens with zero attached hydrogens (tertiary/aromatic N) is 2. The van der Waals surface area contributed by atoms with Crippen molar-refractivity contribution in [3.63, 3.8) is 0 Å². The van der Waals surface area contributed by atoms with Crippen LogP contribution in [-0.2, 0) is 15.9 Å². The van der Waals surface area contributed by atoms with E-state index >= 15 is 0 Å². The second-order valence-electron chi connectivity index (χ2n) is 4.25. The van der Waals surface area contributed by atoms with Crippen molar-refractivity contribution in [1.29, 1.82) is 0 Å². The van der Waals surface area contributed by atoms with Gasteiger partial charge in [-0.05, 0) is 32.1 Å². The van der Waals surface area contributed by atoms with Crippen LogP contribution >= 0.6 is 12.2 Å². The molecule has 0 atom stereocenters. The number of H-pyrrole nitrogens is 2. The molecule has 126 valence electrons. The maximum atomic E-state index is 11.7. The number of hydrogen-bond acceptors (Lipinski definition) is 7. The van der Waals surface area contributed by atoms with Gasteiger partial charge >= 0.3 is 0 Å². The molecule has 0 radical (unpaired) electrons. The molecule has 0 spiro atoms. The van der Waals surface area contributed by atoms with Crippen LogP contribution in [-0.4, -0.2) is 39.4 Å². The average molecular weight is 339 g/mol. The summed E-state index contributed by atoms with van der Waals surface area (Å²) in [5.41, 5.74) is 5.79. The molecule has 0 bridgehead atoms. The fourth-order valence-electron chi connectivity index (χ4n) is 1.69. The van der Waals surface area contributed by atoms with E-state index in [0.717, 1.165) is 0 Å². The SMILES string of the molecule is CCOC(Cc1c(N)[nH]c(=S)[nH]c1=O)OCC.c1cncnc1. The average Bonchev–Trinajstić information content (AvgIpc) is 2.53. The van der Waals surface area contributed by atoms with Gasteiger partial charge in [-0.2, -0.15) is 0 Å². The lowest BCUT2D eigenvalue weighted by atomic mass is 10.2. The molecule has 0 aliphatic carbocycles. The van der Waals surface area contributed by atoms with Gasteiger partial charge in [0.05, 0.1) is 5.56 Å². The summed E-state index contributed by atoms with van der Waals surface area (Å²) in [4.78, 5) is 24.2. The quantitative estimate of drug-likeness (QED) is 0.538. The summed E-state index contributed by atoms with van der Waals surface area (Å²) in [5.74, 6) is 0.253. The molecule has 0 saturated carbocycles. The molecule has 0 fully saturated rings. The van der Waals surface area contributed by atoms with E-state index in [1.807, 2.05) is 13.8 Å². The number of aromatic amines is 2. The lowest BCUT2D eigenvalue weighted by molar-refractivity contribution is -0.134. The molecule has 2 aromatic heterocycles. The van der Waals surface area contributed by atoms with Gasteiger partial charge < -0.3 is 20.2 Å². The number of anilines is 1. The van der Waals surface area contributed by atoms with Crippen LogP contribution in [0.1, 0.15) is 19.4 Å². The normalized spacial score (nSPS) is 10.2. The molecule has 9 heteroatoms. The van der Waals surface area contributed by atoms with Gasteiger partial charge in [-0.15, -0.1) is 0 Å². The summed E-state index contributed by atoms with van der Waals surface area (Å²) in [6, 6.07) is 1.78. The number of nitrogens with two attached hydrogens (primary N) is 1. The Morgan fingerprint density at radius 3 is 2.22 bits per heavy atom. The van der Waals surface area contributed by atoms with Gasteiger partial charge in [-0.1, -0.05) is 0 Å². The molecule has 0 aliphatic heterocycles. The number of ether oxygens (including phenoxy) is 2. The maximum Gasteiger partial charge on any atom is 0.257 e. The van der Waals surface area contributed by atoms with Crippen molar-refractivity contribution in [2.24, 2.45) is 0 Å². The van der Waals surface area contributed by atoms with Crippen molar-refractivity contribution in [1.82, 2.24) is 19.9 Å². The van der Waals surface area contributed by atoms with Crippen LogP contribution in [0.2, 0.25) is 0 Å². The van der Waals surface area contributed by atoms with Crippen LogP contribution in [0.15, 0.2) is 29.6 Å². The Hall–Kier alpha value is -2.10. The Kier molecular flexibility index (Phi) is 8.73. The van der Waals surface area contributed by atoms with E-state index in [1.54, 1.807) is 18.5 Å². The Balaban J connectivity index is 0.000000366. The number of nitrogen functional groups attached to an aromatic ring is 1. The molecule has 0 saturated heterocycles. The van der Waals surface area contributed by atoms with Gasteiger partial charge in [-0.3, -0.25) is 9.78 Å². The Labute approximate surface area is 139 Å². The molecule has 4 N–H and O–H groups in total. The highest BCUT2D eigenvalue weighted by Gasteiger charge is 2.14. The molecular weight excluding hydrogens is 318 g/mol. The van der Waals surface area contributed by atoms with E-state index in [-0.39, 0.29) is 22.6 Å². The van der Waals surface area contributed by atoms with Crippen molar-refractivity contribution in [3.05, 3.63) is 45.5 Å². The van der Waals surface area contributed by atoms with Crippen LogP contribution in [0.4, 0.5) is 5.82 Å². The van der Waals surface area contributed by atoms with Gasteiger partial charge in [-0.25, -0.2) is 9.97 Å². The molecule has 0 amide bonds. The summed E-state index contributed by atoms with van der Waals surface area (Å²) in [5, 5.41) is 0. The number of hydrogen-bond donors (Lipinski definition) is 3. The highest BCUT2D eigenvalue weighted by molar-refractivity contribution is 7.71. The second kappa shape index (κ2) is 10.6. The van der Waals surface area contributed by atoms with Crippen LogP contribution in [0.25, 0.3) is 0 Å². The molecule has 0 aliphatic rings. The number of aromatic nitrogens is 4. The van der Waals surface area contributed by atoms with Gasteiger partial charge in [0.15, 0.2) is 11.1 Å². The van der Waals surface area contributed by atoms with Crippen LogP contribution in [0.3, 0.4) is 0 Å². The lowest BCUT2D eigenvalue weighted by Crippen LogP contribution is -2.26. The van der Waals surface area contributed by atoms with Crippen LogP contribution in [0, 0.1) is 4.77 Å². The Morgan fingerprint density at radius 1 is 1.22 bits per heavy atom. The van der Waals surface area contributed by atoms with Crippen molar-refractivity contribution in [2.75, 3.05) is 18.9 Å². The topological polar surface area (TPSA) is 119 Å². The first-order valence-corrected chi connectivity index (χ1v) is 7.53. The highest BCUT2D eigenvalue weighted by atomic mass is 32.1. The monoisotopic (exact) mass is 339 g/mol.